The first-order chi connectivity index (χ1) is 16.4. The fraction of sp³-hybridized carbons (Fsp3) is 0.320. The zero-order valence-corrected chi connectivity index (χ0v) is 19.7. The summed E-state index contributed by atoms with van der Waals surface area (Å²) >= 11 is 1.60. The molecule has 1 N–H and O–H groups in total. The molecule has 6 rings (SSSR count). The normalized spacial score (nSPS) is 20.7. The van der Waals surface area contributed by atoms with Crippen LogP contribution in [0.4, 0.5) is 4.79 Å². The number of urea groups is 1. The number of nitrogens with one attached hydrogen (secondary N) is 1. The minimum atomic E-state index is -1.05. The molecule has 0 radical (unpaired) electrons. The topological polar surface area (TPSA) is 89.9 Å². The van der Waals surface area contributed by atoms with Crippen LogP contribution >= 0.6 is 11.3 Å². The molecule has 1 aromatic carbocycles. The first-order valence-corrected chi connectivity index (χ1v) is 12.1. The van der Waals surface area contributed by atoms with Gasteiger partial charge in [0.25, 0.3) is 5.91 Å². The molecule has 174 valence electrons. The molecule has 3 aromatic rings. The first kappa shape index (κ1) is 21.0. The van der Waals surface area contributed by atoms with Crippen LogP contribution in [0, 0.1) is 13.8 Å². The molecule has 8 nitrogen and oxygen atoms in total. The van der Waals surface area contributed by atoms with E-state index in [1.54, 1.807) is 17.4 Å². The Kier molecular flexibility index (Phi) is 4.60. The minimum Gasteiger partial charge on any atom is -0.454 e. The summed E-state index contributed by atoms with van der Waals surface area (Å²) in [6.45, 7) is 3.66. The van der Waals surface area contributed by atoms with Crippen LogP contribution in [0.3, 0.4) is 0 Å². The number of ether oxygens (including phenoxy) is 2. The Morgan fingerprint density at radius 1 is 1.15 bits per heavy atom. The monoisotopic (exact) mass is 477 g/mol. The predicted molar refractivity (Wildman–Crippen MR) is 125 cm³/mol. The number of ketones is 1. The van der Waals surface area contributed by atoms with Gasteiger partial charge in [-0.05, 0) is 62.8 Å². The fourth-order valence-electron chi connectivity index (χ4n) is 5.38. The number of benzene rings is 1. The molecule has 0 bridgehead atoms. The van der Waals surface area contributed by atoms with Gasteiger partial charge in [0.2, 0.25) is 6.79 Å². The van der Waals surface area contributed by atoms with Crippen LogP contribution < -0.4 is 14.8 Å². The van der Waals surface area contributed by atoms with E-state index in [1.165, 1.54) is 0 Å². The van der Waals surface area contributed by atoms with E-state index in [0.717, 1.165) is 45.3 Å². The lowest BCUT2D eigenvalue weighted by atomic mass is 9.80. The summed E-state index contributed by atoms with van der Waals surface area (Å²) in [5, 5.41) is 4.86. The van der Waals surface area contributed by atoms with Crippen LogP contribution in [0.1, 0.15) is 45.0 Å². The number of thiophene rings is 1. The van der Waals surface area contributed by atoms with Crippen molar-refractivity contribution in [1.82, 2.24) is 14.8 Å². The van der Waals surface area contributed by atoms with Crippen LogP contribution in [0.25, 0.3) is 5.69 Å². The molecule has 1 spiro atoms. The quantitative estimate of drug-likeness (QED) is 0.455. The molecule has 9 heteroatoms. The standard InChI is InChI=1S/C25H23N3O5S/c1-14-10-17(15(2)28(14)16-5-6-20-21(11-16)33-13-32-20)19(29)12-27-23(30)25(26-24(27)31)8-3-4-22-18(25)7-9-34-22/h5-7,9-11H,3-4,8,12-13H2,1-2H3,(H,26,31). The lowest BCUT2D eigenvalue weighted by molar-refractivity contribution is -0.131. The molecule has 2 aliphatic heterocycles. The molecule has 3 amide bonds. The summed E-state index contributed by atoms with van der Waals surface area (Å²) in [5.41, 5.74) is 2.76. The van der Waals surface area contributed by atoms with Crippen molar-refractivity contribution in [2.75, 3.05) is 13.3 Å². The number of carbonyl (C=O) groups is 3. The van der Waals surface area contributed by atoms with Gasteiger partial charge in [0.05, 0.1) is 6.54 Å². The molecule has 1 saturated heterocycles. The largest absolute Gasteiger partial charge is 0.454 e. The third kappa shape index (κ3) is 2.93. The Bertz CT molecular complexity index is 1370. The summed E-state index contributed by atoms with van der Waals surface area (Å²) in [6.07, 6.45) is 2.27. The number of aromatic nitrogens is 1. The number of nitrogens with zero attached hydrogens (tertiary/aromatic N) is 2. The van der Waals surface area contributed by atoms with E-state index in [2.05, 4.69) is 5.32 Å². The Balaban J connectivity index is 1.29. The number of rotatable bonds is 4. The maximum Gasteiger partial charge on any atom is 0.325 e. The van der Waals surface area contributed by atoms with Crippen molar-refractivity contribution < 1.29 is 23.9 Å². The number of carbonyl (C=O) groups excluding carboxylic acids is 3. The van der Waals surface area contributed by atoms with Crippen LogP contribution in [0.15, 0.2) is 35.7 Å². The number of fused-ring (bicyclic) bond motifs is 3. The highest BCUT2D eigenvalue weighted by atomic mass is 32.1. The number of aryl methyl sites for hydroxylation is 2. The second-order valence-corrected chi connectivity index (χ2v) is 9.92. The summed E-state index contributed by atoms with van der Waals surface area (Å²) in [4.78, 5) is 41.9. The van der Waals surface area contributed by atoms with Gasteiger partial charge in [0.1, 0.15) is 5.54 Å². The highest BCUT2D eigenvalue weighted by Gasteiger charge is 2.54. The maximum atomic E-state index is 13.5. The van der Waals surface area contributed by atoms with Crippen LogP contribution in [-0.2, 0) is 16.8 Å². The van der Waals surface area contributed by atoms with Gasteiger partial charge < -0.3 is 19.4 Å². The fourth-order valence-corrected chi connectivity index (χ4v) is 6.38. The zero-order chi connectivity index (χ0) is 23.6. The molecule has 1 unspecified atom stereocenters. The van der Waals surface area contributed by atoms with Gasteiger partial charge in [-0.1, -0.05) is 0 Å². The van der Waals surface area contributed by atoms with Gasteiger partial charge in [0, 0.05) is 39.1 Å². The highest BCUT2D eigenvalue weighted by Crippen LogP contribution is 2.42. The van der Waals surface area contributed by atoms with Gasteiger partial charge in [-0.25, -0.2) is 4.79 Å². The van der Waals surface area contributed by atoms with E-state index in [1.807, 2.05) is 48.1 Å². The summed E-state index contributed by atoms with van der Waals surface area (Å²) in [5.74, 6) is 0.728. The molecule has 0 saturated carbocycles. The Morgan fingerprint density at radius 2 is 1.97 bits per heavy atom. The second kappa shape index (κ2) is 7.46. The predicted octanol–water partition coefficient (Wildman–Crippen LogP) is 3.85. The van der Waals surface area contributed by atoms with Crippen LogP contribution in [0.5, 0.6) is 11.5 Å². The Labute approximate surface area is 200 Å². The van der Waals surface area contributed by atoms with E-state index in [4.69, 9.17) is 9.47 Å². The molecule has 1 atom stereocenters. The van der Waals surface area contributed by atoms with E-state index in [9.17, 15) is 14.4 Å². The smallest absolute Gasteiger partial charge is 0.325 e. The number of amides is 3. The van der Waals surface area contributed by atoms with Crippen LogP contribution in [0.2, 0.25) is 0 Å². The van der Waals surface area contributed by atoms with Crippen molar-refractivity contribution in [3.8, 4) is 17.2 Å². The third-order valence-corrected chi connectivity index (χ3v) is 7.96. The van der Waals surface area contributed by atoms with Crippen molar-refractivity contribution in [2.45, 2.75) is 38.6 Å². The number of Topliss-reactive ketones (excluding diaryl/α,β-unsaturated/α-hetero) is 1. The van der Waals surface area contributed by atoms with Crippen molar-refractivity contribution >= 4 is 29.1 Å². The van der Waals surface area contributed by atoms with Gasteiger partial charge in [0.15, 0.2) is 17.3 Å². The van der Waals surface area contributed by atoms with Gasteiger partial charge in [-0.3, -0.25) is 14.5 Å². The summed E-state index contributed by atoms with van der Waals surface area (Å²) in [7, 11) is 0. The zero-order valence-electron chi connectivity index (χ0n) is 18.8. The summed E-state index contributed by atoms with van der Waals surface area (Å²) < 4.78 is 12.8. The van der Waals surface area contributed by atoms with Crippen molar-refractivity contribution in [1.29, 1.82) is 0 Å². The molecule has 34 heavy (non-hydrogen) atoms. The number of imide groups is 1. The van der Waals surface area contributed by atoms with Gasteiger partial charge in [-0.2, -0.15) is 0 Å². The van der Waals surface area contributed by atoms with Crippen molar-refractivity contribution in [2.24, 2.45) is 0 Å². The van der Waals surface area contributed by atoms with Crippen LogP contribution in [-0.4, -0.2) is 40.5 Å². The van der Waals surface area contributed by atoms with E-state index < -0.39 is 11.6 Å². The van der Waals surface area contributed by atoms with E-state index in [0.29, 0.717) is 23.5 Å². The average molecular weight is 478 g/mol. The molecular weight excluding hydrogens is 454 g/mol. The van der Waals surface area contributed by atoms with Gasteiger partial charge >= 0.3 is 6.03 Å². The summed E-state index contributed by atoms with van der Waals surface area (Å²) in [6, 6.07) is 8.83. The molecule has 4 heterocycles. The average Bonchev–Trinajstić information content (AvgIpc) is 3.58. The second-order valence-electron chi connectivity index (χ2n) is 8.92. The SMILES string of the molecule is Cc1cc(C(=O)CN2C(=O)NC3(CCCc4sccc43)C2=O)c(C)n1-c1ccc2c(c1)OCO2. The van der Waals surface area contributed by atoms with E-state index in [-0.39, 0.29) is 25.0 Å². The lowest BCUT2D eigenvalue weighted by Gasteiger charge is -2.31. The number of hydrogen-bond donors (Lipinski definition) is 1. The molecule has 3 aliphatic rings. The third-order valence-electron chi connectivity index (χ3n) is 6.98. The number of hydrogen-bond acceptors (Lipinski definition) is 6. The maximum absolute atomic E-state index is 13.5. The van der Waals surface area contributed by atoms with Crippen molar-refractivity contribution in [3.63, 3.8) is 0 Å². The molecule has 2 aromatic heterocycles. The molecule has 1 fully saturated rings. The van der Waals surface area contributed by atoms with Gasteiger partial charge in [-0.15, -0.1) is 11.3 Å². The lowest BCUT2D eigenvalue weighted by Crippen LogP contribution is -2.46. The molecular formula is C25H23N3O5S. The minimum absolute atomic E-state index is 0.187. The van der Waals surface area contributed by atoms with Crippen molar-refractivity contribution in [3.05, 3.63) is 63.1 Å². The Morgan fingerprint density at radius 3 is 2.82 bits per heavy atom. The highest BCUT2D eigenvalue weighted by molar-refractivity contribution is 7.10. The van der Waals surface area contributed by atoms with E-state index >= 15 is 0 Å². The first-order valence-electron chi connectivity index (χ1n) is 11.2. The molecule has 1 aliphatic carbocycles. The Hall–Kier alpha value is -3.59.